The molecule has 5 heteroatoms. The molecular weight excluding hydrogens is 356 g/mol. The first kappa shape index (κ1) is 15.8. The zero-order valence-corrected chi connectivity index (χ0v) is 14.6. The third-order valence-corrected chi connectivity index (χ3v) is 5.14. The number of rotatable bonds is 5. The van der Waals surface area contributed by atoms with Gasteiger partial charge in [-0.1, -0.05) is 42.6 Å². The van der Waals surface area contributed by atoms with Crippen LogP contribution in [0.25, 0.3) is 0 Å². The molecule has 1 aromatic carbocycles. The maximum Gasteiger partial charge on any atom is 0.147 e. The highest BCUT2D eigenvalue weighted by Gasteiger charge is 2.10. The maximum absolute atomic E-state index is 6.15. The van der Waals surface area contributed by atoms with Crippen LogP contribution in [0.1, 0.15) is 30.4 Å². The molecule has 0 saturated heterocycles. The molecule has 2 nitrogen and oxygen atoms in total. The summed E-state index contributed by atoms with van der Waals surface area (Å²) in [5.41, 5.74) is 2.26. The molecule has 0 aliphatic rings. The van der Waals surface area contributed by atoms with E-state index >= 15 is 0 Å². The van der Waals surface area contributed by atoms with Gasteiger partial charge >= 0.3 is 0 Å². The van der Waals surface area contributed by atoms with Gasteiger partial charge in [0.2, 0.25) is 0 Å². The molecule has 0 saturated carbocycles. The number of aryl methyl sites for hydroxylation is 2. The molecule has 0 fully saturated rings. The topological polar surface area (TPSA) is 25.8 Å². The third kappa shape index (κ3) is 4.21. The molecule has 0 atom stereocenters. The van der Waals surface area contributed by atoms with Crippen LogP contribution in [0, 0.1) is 6.92 Å². The maximum atomic E-state index is 6.15. The van der Waals surface area contributed by atoms with E-state index in [0.29, 0.717) is 5.15 Å². The molecule has 0 spiro atoms. The molecule has 0 N–H and O–H groups in total. The Balaban J connectivity index is 2.11. The minimum absolute atomic E-state index is 0.503. The standard InChI is InChI=1S/C15H16BrClN2S/c1-3-4-12-14(16)15(17)19-13(18-12)9-20-11-7-5-10(2)6-8-11/h5-8H,3-4,9H2,1-2H3. The van der Waals surface area contributed by atoms with Crippen LogP contribution in [0.3, 0.4) is 0 Å². The van der Waals surface area contributed by atoms with Gasteiger partial charge in [-0.05, 0) is 41.4 Å². The molecule has 0 aliphatic carbocycles. The first-order chi connectivity index (χ1) is 9.60. The van der Waals surface area contributed by atoms with E-state index in [9.17, 15) is 0 Å². The van der Waals surface area contributed by atoms with E-state index in [4.69, 9.17) is 11.6 Å². The van der Waals surface area contributed by atoms with Crippen LogP contribution < -0.4 is 0 Å². The van der Waals surface area contributed by atoms with Crippen LogP contribution in [-0.4, -0.2) is 9.97 Å². The SMILES string of the molecule is CCCc1nc(CSc2ccc(C)cc2)nc(Cl)c1Br. The molecule has 1 heterocycles. The number of hydrogen-bond donors (Lipinski definition) is 0. The van der Waals surface area contributed by atoms with Crippen molar-refractivity contribution in [2.75, 3.05) is 0 Å². The number of aromatic nitrogens is 2. The summed E-state index contributed by atoms with van der Waals surface area (Å²) in [6, 6.07) is 8.46. The third-order valence-electron chi connectivity index (χ3n) is 2.80. The number of nitrogens with zero attached hydrogens (tertiary/aromatic N) is 2. The highest BCUT2D eigenvalue weighted by atomic mass is 79.9. The van der Waals surface area contributed by atoms with Crippen molar-refractivity contribution in [2.45, 2.75) is 37.3 Å². The summed E-state index contributed by atoms with van der Waals surface area (Å²) in [6.45, 7) is 4.21. The van der Waals surface area contributed by atoms with E-state index in [1.807, 2.05) is 0 Å². The van der Waals surface area contributed by atoms with E-state index in [-0.39, 0.29) is 0 Å². The summed E-state index contributed by atoms with van der Waals surface area (Å²) < 4.78 is 0.824. The predicted octanol–water partition coefficient (Wildman–Crippen LogP) is 5.45. The van der Waals surface area contributed by atoms with Gasteiger partial charge < -0.3 is 0 Å². The Hall–Kier alpha value is -0.580. The van der Waals surface area contributed by atoms with Crippen molar-refractivity contribution in [3.63, 3.8) is 0 Å². The second-order valence-electron chi connectivity index (χ2n) is 4.54. The van der Waals surface area contributed by atoms with Gasteiger partial charge in [0.15, 0.2) is 0 Å². The number of thioether (sulfide) groups is 1. The Morgan fingerprint density at radius 3 is 2.55 bits per heavy atom. The van der Waals surface area contributed by atoms with E-state index in [2.05, 4.69) is 64.0 Å². The molecule has 2 aromatic rings. The van der Waals surface area contributed by atoms with Crippen molar-refractivity contribution in [3.05, 3.63) is 51.0 Å². The molecule has 0 amide bonds. The van der Waals surface area contributed by atoms with Gasteiger partial charge in [0.1, 0.15) is 11.0 Å². The second-order valence-corrected chi connectivity index (χ2v) is 6.74. The molecule has 0 unspecified atom stereocenters. The highest BCUT2D eigenvalue weighted by molar-refractivity contribution is 9.10. The quantitative estimate of drug-likeness (QED) is 0.516. The van der Waals surface area contributed by atoms with E-state index in [1.54, 1.807) is 11.8 Å². The lowest BCUT2D eigenvalue weighted by Crippen LogP contribution is -2.00. The van der Waals surface area contributed by atoms with Crippen molar-refractivity contribution in [1.29, 1.82) is 0 Å². The van der Waals surface area contributed by atoms with Gasteiger partial charge in [0, 0.05) is 4.90 Å². The largest absolute Gasteiger partial charge is 0.236 e. The summed E-state index contributed by atoms with van der Waals surface area (Å²) in [7, 11) is 0. The number of halogens is 2. The fourth-order valence-corrected chi connectivity index (χ4v) is 3.10. The van der Waals surface area contributed by atoms with E-state index < -0.39 is 0 Å². The van der Waals surface area contributed by atoms with Crippen molar-refractivity contribution in [2.24, 2.45) is 0 Å². The minimum atomic E-state index is 0.503. The van der Waals surface area contributed by atoms with Gasteiger partial charge in [-0.25, -0.2) is 9.97 Å². The van der Waals surface area contributed by atoms with Crippen LogP contribution in [0.4, 0.5) is 0 Å². The van der Waals surface area contributed by atoms with Crippen molar-refractivity contribution >= 4 is 39.3 Å². The van der Waals surface area contributed by atoms with Crippen LogP contribution >= 0.6 is 39.3 Å². The number of hydrogen-bond acceptors (Lipinski definition) is 3. The first-order valence-corrected chi connectivity index (χ1v) is 8.66. The van der Waals surface area contributed by atoms with Crippen molar-refractivity contribution < 1.29 is 0 Å². The minimum Gasteiger partial charge on any atom is -0.236 e. The first-order valence-electron chi connectivity index (χ1n) is 6.50. The lowest BCUT2D eigenvalue weighted by molar-refractivity contribution is 0.845. The molecule has 2 rings (SSSR count). The summed E-state index contributed by atoms with van der Waals surface area (Å²) in [4.78, 5) is 10.1. The number of benzene rings is 1. The molecule has 0 aliphatic heterocycles. The van der Waals surface area contributed by atoms with Crippen molar-refractivity contribution in [1.82, 2.24) is 9.97 Å². The molecule has 106 valence electrons. The average Bonchev–Trinajstić information content (AvgIpc) is 2.44. The molecule has 20 heavy (non-hydrogen) atoms. The fourth-order valence-electron chi connectivity index (χ4n) is 1.76. The second kappa shape index (κ2) is 7.43. The molecule has 0 radical (unpaired) electrons. The van der Waals surface area contributed by atoms with Gasteiger partial charge in [-0.3, -0.25) is 0 Å². The molecular formula is C15H16BrClN2S. The van der Waals surface area contributed by atoms with Crippen LogP contribution in [0.2, 0.25) is 5.15 Å². The zero-order chi connectivity index (χ0) is 14.5. The Kier molecular flexibility index (Phi) is 5.87. The average molecular weight is 372 g/mol. The highest BCUT2D eigenvalue weighted by Crippen LogP contribution is 2.27. The summed E-state index contributed by atoms with van der Waals surface area (Å²) >= 11 is 11.3. The predicted molar refractivity (Wildman–Crippen MR) is 89.5 cm³/mol. The van der Waals surface area contributed by atoms with Crippen LogP contribution in [-0.2, 0) is 12.2 Å². The lowest BCUT2D eigenvalue weighted by Gasteiger charge is -2.07. The molecule has 1 aromatic heterocycles. The summed E-state index contributed by atoms with van der Waals surface area (Å²) in [5, 5.41) is 0.503. The summed E-state index contributed by atoms with van der Waals surface area (Å²) in [5.74, 6) is 1.51. The van der Waals surface area contributed by atoms with Gasteiger partial charge in [0.05, 0.1) is 15.9 Å². The molecule has 0 bridgehead atoms. The van der Waals surface area contributed by atoms with Gasteiger partial charge in [0.25, 0.3) is 0 Å². The lowest BCUT2D eigenvalue weighted by atomic mass is 10.2. The van der Waals surface area contributed by atoms with Gasteiger partial charge in [-0.15, -0.1) is 11.8 Å². The monoisotopic (exact) mass is 370 g/mol. The van der Waals surface area contributed by atoms with E-state index in [1.165, 1.54) is 10.5 Å². The zero-order valence-electron chi connectivity index (χ0n) is 11.5. The smallest absolute Gasteiger partial charge is 0.147 e. The Labute approximate surface area is 137 Å². The van der Waals surface area contributed by atoms with Gasteiger partial charge in [-0.2, -0.15) is 0 Å². The Morgan fingerprint density at radius 2 is 1.90 bits per heavy atom. The fraction of sp³-hybridized carbons (Fsp3) is 0.333. The Bertz CT molecular complexity index is 587. The van der Waals surface area contributed by atoms with E-state index in [0.717, 1.165) is 34.6 Å². The normalized spacial score (nSPS) is 10.8. The van der Waals surface area contributed by atoms with Crippen molar-refractivity contribution in [3.8, 4) is 0 Å². The van der Waals surface area contributed by atoms with Crippen LogP contribution in [0.15, 0.2) is 33.6 Å². The van der Waals surface area contributed by atoms with Crippen LogP contribution in [0.5, 0.6) is 0 Å². The Morgan fingerprint density at radius 1 is 1.20 bits per heavy atom. The summed E-state index contributed by atoms with van der Waals surface area (Å²) in [6.07, 6.45) is 1.95.